The zero-order valence-corrected chi connectivity index (χ0v) is 19.3. The molecule has 2 aromatic carbocycles. The molecule has 2 aromatic rings. The first-order chi connectivity index (χ1) is 15.2. The van der Waals surface area contributed by atoms with E-state index in [1.807, 2.05) is 13.2 Å². The zero-order chi connectivity index (χ0) is 21.7. The molecule has 0 unspecified atom stereocenters. The minimum absolute atomic E-state index is 0.211. The van der Waals surface area contributed by atoms with Gasteiger partial charge in [-0.15, -0.1) is 0 Å². The second-order valence-electron chi connectivity index (χ2n) is 9.20. The van der Waals surface area contributed by atoms with Crippen molar-refractivity contribution in [1.29, 1.82) is 0 Å². The van der Waals surface area contributed by atoms with Crippen LogP contribution in [-0.4, -0.2) is 20.3 Å². The monoisotopic (exact) mass is 416 g/mol. The molecule has 0 amide bonds. The second-order valence-corrected chi connectivity index (χ2v) is 9.20. The number of allylic oxidation sites excluding steroid dienone is 3. The molecule has 2 aliphatic rings. The van der Waals surface area contributed by atoms with Gasteiger partial charge in [0.15, 0.2) is 0 Å². The Bertz CT molecular complexity index is 940. The molecule has 1 saturated carbocycles. The molecule has 2 aliphatic carbocycles. The van der Waals surface area contributed by atoms with Crippen molar-refractivity contribution in [2.24, 2.45) is 5.41 Å². The van der Waals surface area contributed by atoms with Gasteiger partial charge in [0.25, 0.3) is 0 Å². The quantitative estimate of drug-likeness (QED) is 0.434. The Morgan fingerprint density at radius 1 is 0.935 bits per heavy atom. The molecule has 0 spiro atoms. The molecule has 0 heterocycles. The number of methoxy groups -OCH3 is 2. The maximum absolute atomic E-state index is 5.93. The molecule has 0 saturated heterocycles. The van der Waals surface area contributed by atoms with Crippen LogP contribution in [0.1, 0.15) is 56.6 Å². The maximum Gasteiger partial charge on any atom is 0.119 e. The summed E-state index contributed by atoms with van der Waals surface area (Å²) in [7, 11) is 3.63. The van der Waals surface area contributed by atoms with Crippen LogP contribution < -0.4 is 4.74 Å². The normalized spacial score (nSPS) is 22.9. The van der Waals surface area contributed by atoms with Crippen LogP contribution >= 0.6 is 0 Å². The number of rotatable bonds is 9. The lowest BCUT2D eigenvalue weighted by Gasteiger charge is -2.37. The Balaban J connectivity index is 1.67. The largest absolute Gasteiger partial charge is 0.497 e. The number of hydrogen-bond donors (Lipinski definition) is 0. The lowest BCUT2D eigenvalue weighted by molar-refractivity contribution is 0.0951. The van der Waals surface area contributed by atoms with Crippen molar-refractivity contribution in [1.82, 2.24) is 0 Å². The first-order valence-corrected chi connectivity index (χ1v) is 11.8. The Morgan fingerprint density at radius 2 is 1.74 bits per heavy atom. The fourth-order valence-electron chi connectivity index (χ4n) is 5.70. The summed E-state index contributed by atoms with van der Waals surface area (Å²) in [5.41, 5.74) is 7.88. The van der Waals surface area contributed by atoms with Crippen LogP contribution in [0.3, 0.4) is 0 Å². The summed E-state index contributed by atoms with van der Waals surface area (Å²) >= 11 is 0. The van der Waals surface area contributed by atoms with Crippen molar-refractivity contribution in [2.75, 3.05) is 14.2 Å². The molecule has 0 aliphatic heterocycles. The molecule has 0 bridgehead atoms. The lowest BCUT2D eigenvalue weighted by Crippen LogP contribution is -2.26. The highest BCUT2D eigenvalue weighted by Gasteiger charge is 2.46. The zero-order valence-electron chi connectivity index (χ0n) is 19.3. The Hall–Kier alpha value is -2.32. The predicted molar refractivity (Wildman–Crippen MR) is 129 cm³/mol. The maximum atomic E-state index is 5.93. The van der Waals surface area contributed by atoms with E-state index in [-0.39, 0.29) is 5.41 Å². The smallest absolute Gasteiger partial charge is 0.119 e. The van der Waals surface area contributed by atoms with Crippen LogP contribution in [0.15, 0.2) is 77.4 Å². The number of benzene rings is 2. The van der Waals surface area contributed by atoms with Crippen LogP contribution in [0.5, 0.6) is 5.75 Å². The molecule has 0 N–H and O–H groups in total. The lowest BCUT2D eigenvalue weighted by atomic mass is 9.67. The van der Waals surface area contributed by atoms with Crippen molar-refractivity contribution >= 4 is 0 Å². The predicted octanol–water partition coefficient (Wildman–Crippen LogP) is 7.09. The number of hydrogen-bond acceptors (Lipinski definition) is 2. The van der Waals surface area contributed by atoms with E-state index in [0.29, 0.717) is 6.10 Å². The molecule has 2 nitrogen and oxygen atoms in total. The molecular weight excluding hydrogens is 380 g/mol. The van der Waals surface area contributed by atoms with Crippen LogP contribution in [0, 0.1) is 5.41 Å². The van der Waals surface area contributed by atoms with E-state index in [1.54, 1.807) is 23.8 Å². The van der Waals surface area contributed by atoms with E-state index in [0.717, 1.165) is 44.3 Å². The van der Waals surface area contributed by atoms with Gasteiger partial charge in [0.05, 0.1) is 13.2 Å². The third-order valence-corrected chi connectivity index (χ3v) is 7.22. The summed E-state index contributed by atoms with van der Waals surface area (Å²) in [5.74, 6) is 0.946. The second kappa shape index (κ2) is 9.87. The standard InChI is InChI=1S/C29H36O2/c1-4-9-24-16-17-29(20-23-10-6-5-7-11-23)21-26(31-3)19-28(29)27(24)15-14-22-12-8-13-25(18-22)30-2/h5-8,10-13,16,18,26H,4,9,14-15,17,19-21H2,1-3H3/t26-,29+/m0/s1. The highest BCUT2D eigenvalue weighted by Crippen LogP contribution is 2.55. The Morgan fingerprint density at radius 3 is 2.48 bits per heavy atom. The highest BCUT2D eigenvalue weighted by atomic mass is 16.5. The van der Waals surface area contributed by atoms with Gasteiger partial charge in [-0.1, -0.05) is 67.5 Å². The molecule has 1 fully saturated rings. The summed E-state index contributed by atoms with van der Waals surface area (Å²) in [6, 6.07) is 19.6. The molecular formula is C29H36O2. The summed E-state index contributed by atoms with van der Waals surface area (Å²) in [6.45, 7) is 2.30. The van der Waals surface area contributed by atoms with Crippen LogP contribution in [-0.2, 0) is 17.6 Å². The van der Waals surface area contributed by atoms with Gasteiger partial charge >= 0.3 is 0 Å². The highest BCUT2D eigenvalue weighted by molar-refractivity contribution is 5.46. The van der Waals surface area contributed by atoms with E-state index >= 15 is 0 Å². The first kappa shape index (κ1) is 21.9. The molecule has 164 valence electrons. The number of ether oxygens (including phenoxy) is 2. The minimum Gasteiger partial charge on any atom is -0.497 e. The molecule has 2 atom stereocenters. The fraction of sp³-hybridized carbons (Fsp3) is 0.448. The molecule has 31 heavy (non-hydrogen) atoms. The summed E-state index contributed by atoms with van der Waals surface area (Å²) in [5, 5.41) is 0. The molecule has 2 heteroatoms. The Labute approximate surface area is 188 Å². The molecule has 0 aromatic heterocycles. The summed E-state index contributed by atoms with van der Waals surface area (Å²) in [6.07, 6.45) is 11.9. The molecule has 0 radical (unpaired) electrons. The van der Waals surface area contributed by atoms with Gasteiger partial charge in [-0.2, -0.15) is 0 Å². The topological polar surface area (TPSA) is 18.5 Å². The van der Waals surface area contributed by atoms with Gasteiger partial charge in [-0.25, -0.2) is 0 Å². The van der Waals surface area contributed by atoms with Crippen molar-refractivity contribution in [2.45, 2.75) is 64.4 Å². The number of fused-ring (bicyclic) bond motifs is 1. The van der Waals surface area contributed by atoms with Crippen molar-refractivity contribution in [3.8, 4) is 5.75 Å². The van der Waals surface area contributed by atoms with E-state index in [9.17, 15) is 0 Å². The van der Waals surface area contributed by atoms with Crippen LogP contribution in [0.2, 0.25) is 0 Å². The van der Waals surface area contributed by atoms with Gasteiger partial charge in [0, 0.05) is 12.5 Å². The van der Waals surface area contributed by atoms with Gasteiger partial charge in [-0.05, 0) is 79.4 Å². The third-order valence-electron chi connectivity index (χ3n) is 7.22. The van der Waals surface area contributed by atoms with E-state index in [1.165, 1.54) is 24.0 Å². The van der Waals surface area contributed by atoms with Gasteiger partial charge in [-0.3, -0.25) is 0 Å². The van der Waals surface area contributed by atoms with Crippen LogP contribution in [0.4, 0.5) is 0 Å². The first-order valence-electron chi connectivity index (χ1n) is 11.8. The SMILES string of the molecule is CCCC1=CC[C@@]2(Cc3ccccc3)C[C@@H](OC)CC2=C1CCc1cccc(OC)c1. The average Bonchev–Trinajstić information content (AvgIpc) is 3.18. The van der Waals surface area contributed by atoms with Crippen molar-refractivity contribution in [3.63, 3.8) is 0 Å². The molecule has 4 rings (SSSR count). The summed E-state index contributed by atoms with van der Waals surface area (Å²) in [4.78, 5) is 0. The Kier molecular flexibility index (Phi) is 6.97. The van der Waals surface area contributed by atoms with E-state index in [4.69, 9.17) is 9.47 Å². The number of aryl methyl sites for hydroxylation is 1. The third kappa shape index (κ3) is 4.80. The van der Waals surface area contributed by atoms with Crippen LogP contribution in [0.25, 0.3) is 0 Å². The van der Waals surface area contributed by atoms with Gasteiger partial charge in [0.2, 0.25) is 0 Å². The van der Waals surface area contributed by atoms with Gasteiger partial charge in [0.1, 0.15) is 5.75 Å². The van der Waals surface area contributed by atoms with Gasteiger partial charge < -0.3 is 9.47 Å². The van der Waals surface area contributed by atoms with E-state index in [2.05, 4.69) is 61.5 Å². The van der Waals surface area contributed by atoms with Crippen molar-refractivity contribution in [3.05, 3.63) is 88.5 Å². The minimum atomic E-state index is 0.211. The van der Waals surface area contributed by atoms with Crippen molar-refractivity contribution < 1.29 is 9.47 Å². The fourth-order valence-corrected chi connectivity index (χ4v) is 5.70. The summed E-state index contributed by atoms with van der Waals surface area (Å²) < 4.78 is 11.4. The average molecular weight is 417 g/mol. The van der Waals surface area contributed by atoms with E-state index < -0.39 is 0 Å².